The molecule has 23 heteroatoms. The molecule has 0 heterocycles. The van der Waals surface area contributed by atoms with Crippen LogP contribution in [0, 0.1) is 0 Å². The van der Waals surface area contributed by atoms with Crippen molar-refractivity contribution >= 4 is 98.9 Å². The van der Waals surface area contributed by atoms with Crippen LogP contribution in [0.25, 0.3) is 12.2 Å². The standard InChI is InChI=1S/C28H18Br2N4O14S2.Na/c29-21-17(35)9-15(27(39)40)23(25(21)37)33-31-13-5-3-11(19(7-13)49(43,44)45)1-2-12-4-6-14(8-20(12)50(46,47)48)32-34-24-16(28(41)42)10-18(36)22(30)26(24)38;/h1-10,35-38H,(H,39,40)(H,41,42)(H,43,44,45)(H,46,47,48);/q;+1/b2-1+,33-31?,34-32?;. The van der Waals surface area contributed by atoms with Crippen LogP contribution in [0.5, 0.6) is 23.0 Å². The molecule has 4 aromatic carbocycles. The predicted octanol–water partition coefficient (Wildman–Crippen LogP) is 3.93. The van der Waals surface area contributed by atoms with Crippen LogP contribution < -0.4 is 29.6 Å². The van der Waals surface area contributed by atoms with Gasteiger partial charge in [0, 0.05) is 0 Å². The van der Waals surface area contributed by atoms with E-state index in [1.807, 2.05) is 0 Å². The summed E-state index contributed by atoms with van der Waals surface area (Å²) in [5.74, 6) is -5.99. The molecule has 0 aliphatic carbocycles. The minimum atomic E-state index is -5.00. The number of carboxylic acid groups (broad SMARTS) is 2. The Morgan fingerprint density at radius 1 is 0.588 bits per heavy atom. The Bertz CT molecular complexity index is 2260. The maximum absolute atomic E-state index is 12.2. The van der Waals surface area contributed by atoms with Gasteiger partial charge in [0.25, 0.3) is 20.2 Å². The molecule has 0 aliphatic heterocycles. The third-order valence-electron chi connectivity index (χ3n) is 6.37. The van der Waals surface area contributed by atoms with Gasteiger partial charge < -0.3 is 30.6 Å². The normalized spacial score (nSPS) is 12.1. The Balaban J connectivity index is 0.00000702. The van der Waals surface area contributed by atoms with Gasteiger partial charge in [-0.2, -0.15) is 27.1 Å². The van der Waals surface area contributed by atoms with Crippen molar-refractivity contribution in [3.05, 3.63) is 79.7 Å². The summed E-state index contributed by atoms with van der Waals surface area (Å²) in [4.78, 5) is 21.6. The first-order chi connectivity index (χ1) is 23.2. The van der Waals surface area contributed by atoms with Crippen molar-refractivity contribution in [2.75, 3.05) is 0 Å². The minimum absolute atomic E-state index is 0. The fourth-order valence-corrected chi connectivity index (χ4v) is 6.07. The van der Waals surface area contributed by atoms with Gasteiger partial charge in [-0.15, -0.1) is 10.2 Å². The molecule has 0 amide bonds. The molecule has 0 unspecified atom stereocenters. The van der Waals surface area contributed by atoms with Crippen molar-refractivity contribution < 1.29 is 95.7 Å². The molecule has 0 spiro atoms. The second-order valence-electron chi connectivity index (χ2n) is 9.65. The van der Waals surface area contributed by atoms with E-state index >= 15 is 0 Å². The Morgan fingerprint density at radius 2 is 0.922 bits per heavy atom. The molecule has 0 aromatic heterocycles. The molecule has 4 aromatic rings. The summed E-state index contributed by atoms with van der Waals surface area (Å²) in [6.45, 7) is 0. The molecular weight excluding hydrogens is 863 g/mol. The SMILES string of the molecule is O=C(O)c1cc(O)c(Br)c(O)c1N=Nc1ccc(/C=C/c2ccc(N=Nc3c(C(=O)O)cc(O)c(Br)c3O)cc2S(=O)(=O)O)c(S(=O)(=O)O)c1.[Na+]. The molecule has 0 aliphatic rings. The van der Waals surface area contributed by atoms with Gasteiger partial charge in [-0.3, -0.25) is 9.11 Å². The molecule has 260 valence electrons. The van der Waals surface area contributed by atoms with E-state index < -0.39 is 87.5 Å². The van der Waals surface area contributed by atoms with Crippen LogP contribution in [0.15, 0.2) is 87.7 Å². The van der Waals surface area contributed by atoms with Crippen molar-refractivity contribution in [2.45, 2.75) is 9.79 Å². The minimum Gasteiger partial charge on any atom is -0.507 e. The molecule has 4 rings (SSSR count). The molecule has 51 heavy (non-hydrogen) atoms. The molecule has 0 saturated heterocycles. The van der Waals surface area contributed by atoms with Crippen LogP contribution in [0.1, 0.15) is 31.8 Å². The van der Waals surface area contributed by atoms with Gasteiger partial charge in [0.05, 0.1) is 22.5 Å². The number of hydrogen-bond acceptors (Lipinski definition) is 14. The predicted molar refractivity (Wildman–Crippen MR) is 179 cm³/mol. The fourth-order valence-electron chi connectivity index (χ4n) is 4.06. The number of phenols is 4. The Morgan fingerprint density at radius 3 is 1.22 bits per heavy atom. The van der Waals surface area contributed by atoms with E-state index in [0.717, 1.165) is 48.6 Å². The number of carbonyl (C=O) groups is 2. The van der Waals surface area contributed by atoms with E-state index in [2.05, 4.69) is 52.3 Å². The van der Waals surface area contributed by atoms with Gasteiger partial charge >= 0.3 is 41.5 Å². The molecule has 0 radical (unpaired) electrons. The van der Waals surface area contributed by atoms with Gasteiger partial charge in [0.2, 0.25) is 0 Å². The third kappa shape index (κ3) is 9.35. The van der Waals surface area contributed by atoms with Crippen molar-refractivity contribution in [1.29, 1.82) is 0 Å². The summed E-state index contributed by atoms with van der Waals surface area (Å²) >= 11 is 5.72. The number of rotatable bonds is 10. The van der Waals surface area contributed by atoms with Crippen LogP contribution in [0.2, 0.25) is 0 Å². The van der Waals surface area contributed by atoms with Gasteiger partial charge in [0.15, 0.2) is 11.5 Å². The number of benzene rings is 4. The summed E-state index contributed by atoms with van der Waals surface area (Å²) < 4.78 is 68.1. The fraction of sp³-hybridized carbons (Fsp3) is 0. The smallest absolute Gasteiger partial charge is 0.507 e. The van der Waals surface area contributed by atoms with Crippen LogP contribution in [0.4, 0.5) is 22.7 Å². The molecule has 0 atom stereocenters. The van der Waals surface area contributed by atoms with E-state index in [0.29, 0.717) is 0 Å². The molecule has 8 N–H and O–H groups in total. The number of azo groups is 2. The number of hydrogen-bond donors (Lipinski definition) is 8. The maximum atomic E-state index is 12.2. The van der Waals surface area contributed by atoms with E-state index in [9.17, 15) is 66.2 Å². The van der Waals surface area contributed by atoms with Gasteiger partial charge in [-0.1, -0.05) is 24.3 Å². The summed E-state index contributed by atoms with van der Waals surface area (Å²) in [7, 11) is -9.99. The monoisotopic (exact) mass is 879 g/mol. The zero-order chi connectivity index (χ0) is 37.3. The molecule has 0 saturated carbocycles. The average molecular weight is 881 g/mol. The van der Waals surface area contributed by atoms with Gasteiger partial charge in [-0.25, -0.2) is 9.59 Å². The first-order valence-electron chi connectivity index (χ1n) is 12.9. The number of halogens is 2. The Hall–Kier alpha value is -4.26. The Labute approximate surface area is 325 Å². The molecule has 0 bridgehead atoms. The first-order valence-corrected chi connectivity index (χ1v) is 17.4. The van der Waals surface area contributed by atoms with Crippen molar-refractivity contribution in [1.82, 2.24) is 0 Å². The summed E-state index contributed by atoms with van der Waals surface area (Å²) in [6.07, 6.45) is 2.09. The zero-order valence-corrected chi connectivity index (χ0v) is 32.0. The van der Waals surface area contributed by atoms with Crippen LogP contribution in [-0.4, -0.2) is 68.5 Å². The number of carboxylic acids is 2. The number of nitrogens with zero attached hydrogens (tertiary/aromatic N) is 4. The van der Waals surface area contributed by atoms with Crippen molar-refractivity contribution in [2.24, 2.45) is 20.5 Å². The van der Waals surface area contributed by atoms with Crippen LogP contribution in [-0.2, 0) is 20.2 Å². The zero-order valence-electron chi connectivity index (χ0n) is 25.2. The van der Waals surface area contributed by atoms with E-state index in [4.69, 9.17) is 0 Å². The van der Waals surface area contributed by atoms with Gasteiger partial charge in [0.1, 0.15) is 41.6 Å². The van der Waals surface area contributed by atoms with Crippen molar-refractivity contribution in [3.8, 4) is 23.0 Å². The quantitative estimate of drug-likeness (QED) is 0.0485. The van der Waals surface area contributed by atoms with E-state index in [-0.39, 0.29) is 61.0 Å². The largest absolute Gasteiger partial charge is 1.00 e. The van der Waals surface area contributed by atoms with Crippen molar-refractivity contribution in [3.63, 3.8) is 0 Å². The van der Waals surface area contributed by atoms with E-state index in [1.165, 1.54) is 12.1 Å². The van der Waals surface area contributed by atoms with Crippen LogP contribution >= 0.6 is 31.9 Å². The number of phenolic OH excluding ortho intramolecular Hbond substituents is 4. The van der Waals surface area contributed by atoms with E-state index in [1.54, 1.807) is 0 Å². The first kappa shape index (κ1) is 41.2. The average Bonchev–Trinajstić information content (AvgIpc) is 3.03. The summed E-state index contributed by atoms with van der Waals surface area (Å²) in [5.41, 5.74) is -3.49. The molecule has 0 fully saturated rings. The molecular formula is C28H18Br2N4NaO14S2+. The third-order valence-corrected chi connectivity index (χ3v) is 9.75. The molecule has 18 nitrogen and oxygen atoms in total. The number of aromatic carboxylic acids is 2. The second kappa shape index (κ2) is 16.0. The summed E-state index contributed by atoms with van der Waals surface area (Å²) in [6, 6.07) is 7.75. The topological polar surface area (TPSA) is 314 Å². The summed E-state index contributed by atoms with van der Waals surface area (Å²) in [5, 5.41) is 73.6. The number of aromatic hydroxyl groups is 4. The van der Waals surface area contributed by atoms with Crippen LogP contribution in [0.3, 0.4) is 0 Å². The Kier molecular flexibility index (Phi) is 12.9. The second-order valence-corrected chi connectivity index (χ2v) is 14.0. The maximum Gasteiger partial charge on any atom is 1.00 e. The van der Waals surface area contributed by atoms with Gasteiger partial charge in [-0.05, 0) is 79.4 Å².